The van der Waals surface area contributed by atoms with E-state index in [4.69, 9.17) is 0 Å². The summed E-state index contributed by atoms with van der Waals surface area (Å²) in [6.07, 6.45) is 3.24. The number of carbonyl (C=O) groups excluding carboxylic acids is 1. The molecule has 2 N–H and O–H groups in total. The number of ketones is 1. The van der Waals surface area contributed by atoms with Crippen LogP contribution in [0.1, 0.15) is 58.6 Å². The molecule has 138 valence electrons. The van der Waals surface area contributed by atoms with Crippen molar-refractivity contribution < 1.29 is 4.79 Å². The number of aromatic nitrogens is 1. The van der Waals surface area contributed by atoms with Gasteiger partial charge in [-0.05, 0) is 47.9 Å². The molecule has 0 fully saturated rings. The van der Waals surface area contributed by atoms with Crippen LogP contribution in [0.5, 0.6) is 0 Å². The van der Waals surface area contributed by atoms with Crippen molar-refractivity contribution in [2.45, 2.75) is 25.7 Å². The zero-order valence-corrected chi connectivity index (χ0v) is 16.0. The second kappa shape index (κ2) is 5.92. The maximum Gasteiger partial charge on any atom is 0.195 e. The van der Waals surface area contributed by atoms with Crippen LogP contribution in [0.3, 0.4) is 0 Å². The first kappa shape index (κ1) is 17.0. The number of nitrogens with one attached hydrogen (secondary N) is 2. The average Bonchev–Trinajstić information content (AvgIpc) is 3.12. The Hall–Kier alpha value is -3.16. The summed E-state index contributed by atoms with van der Waals surface area (Å²) in [5.74, 6) is 0.0612. The third kappa shape index (κ3) is 2.30. The smallest absolute Gasteiger partial charge is 0.195 e. The largest absolute Gasteiger partial charge is 0.357 e. The summed E-state index contributed by atoms with van der Waals surface area (Å²) >= 11 is 0. The first-order valence-corrected chi connectivity index (χ1v) is 9.66. The molecule has 2 aliphatic rings. The molecule has 0 atom stereocenters. The molecule has 28 heavy (non-hydrogen) atoms. The van der Waals surface area contributed by atoms with E-state index in [9.17, 15) is 10.1 Å². The molecule has 0 saturated heterocycles. The molecule has 2 aromatic carbocycles. The average molecular weight is 367 g/mol. The first-order valence-electron chi connectivity index (χ1n) is 9.66. The van der Waals surface area contributed by atoms with Gasteiger partial charge >= 0.3 is 0 Å². The van der Waals surface area contributed by atoms with E-state index in [1.807, 2.05) is 18.2 Å². The lowest BCUT2D eigenvalue weighted by molar-refractivity contribution is 0.103. The second-order valence-corrected chi connectivity index (χ2v) is 8.15. The van der Waals surface area contributed by atoms with Gasteiger partial charge in [-0.1, -0.05) is 38.1 Å². The highest BCUT2D eigenvalue weighted by atomic mass is 16.1. The van der Waals surface area contributed by atoms with Gasteiger partial charge in [0.15, 0.2) is 5.78 Å². The van der Waals surface area contributed by atoms with Crippen molar-refractivity contribution >= 4 is 22.3 Å². The number of hydrogen-bond donors (Lipinski definition) is 2. The zero-order chi connectivity index (χ0) is 19.5. The van der Waals surface area contributed by atoms with Crippen molar-refractivity contribution in [1.29, 1.82) is 5.26 Å². The molecule has 0 bridgehead atoms. The van der Waals surface area contributed by atoms with Gasteiger partial charge in [0.1, 0.15) is 0 Å². The van der Waals surface area contributed by atoms with Gasteiger partial charge in [0.25, 0.3) is 0 Å². The fourth-order valence-electron chi connectivity index (χ4n) is 4.58. The fourth-order valence-corrected chi connectivity index (χ4v) is 4.58. The minimum Gasteiger partial charge on any atom is -0.357 e. The number of hydrogen-bond acceptors (Lipinski definition) is 3. The Labute approximate surface area is 163 Å². The van der Waals surface area contributed by atoms with E-state index in [0.717, 1.165) is 52.8 Å². The normalized spacial score (nSPS) is 17.6. The second-order valence-electron chi connectivity index (χ2n) is 8.15. The van der Waals surface area contributed by atoms with Gasteiger partial charge in [0.05, 0.1) is 17.2 Å². The molecule has 1 aromatic heterocycles. The number of fused-ring (bicyclic) bond motifs is 4. The van der Waals surface area contributed by atoms with Crippen molar-refractivity contribution in [1.82, 2.24) is 10.3 Å². The van der Waals surface area contributed by atoms with Crippen LogP contribution < -0.4 is 5.32 Å². The molecule has 0 unspecified atom stereocenters. The Morgan fingerprint density at radius 2 is 2.00 bits per heavy atom. The quantitative estimate of drug-likeness (QED) is 0.674. The molecule has 5 rings (SSSR count). The van der Waals surface area contributed by atoms with Gasteiger partial charge in [-0.3, -0.25) is 4.79 Å². The number of carbonyl (C=O) groups is 1. The Morgan fingerprint density at radius 3 is 2.75 bits per heavy atom. The Bertz CT molecular complexity index is 1220. The van der Waals surface area contributed by atoms with Crippen LogP contribution in [-0.4, -0.2) is 23.9 Å². The van der Waals surface area contributed by atoms with Crippen molar-refractivity contribution in [3.05, 3.63) is 76.0 Å². The minimum atomic E-state index is -0.326. The first-order chi connectivity index (χ1) is 13.5. The van der Waals surface area contributed by atoms with E-state index >= 15 is 0 Å². The molecule has 4 nitrogen and oxygen atoms in total. The number of rotatable bonds is 1. The predicted molar refractivity (Wildman–Crippen MR) is 110 cm³/mol. The standard InChI is InChI=1S/C24H21N3O/c1-24(2)19-12-16(15-7-9-26-10-8-15)4-6-17(19)22(28)21-18-5-3-14(13-25)11-20(18)27-23(21)24/h3-7,11-12,26-27H,8-10H2,1-2H3. The van der Waals surface area contributed by atoms with Gasteiger partial charge in [-0.2, -0.15) is 5.26 Å². The summed E-state index contributed by atoms with van der Waals surface area (Å²) in [7, 11) is 0. The van der Waals surface area contributed by atoms with Gasteiger partial charge in [-0.25, -0.2) is 0 Å². The van der Waals surface area contributed by atoms with Crippen molar-refractivity contribution in [2.24, 2.45) is 0 Å². The number of benzene rings is 2. The van der Waals surface area contributed by atoms with Crippen molar-refractivity contribution in [3.8, 4) is 6.07 Å². The third-order valence-electron chi connectivity index (χ3n) is 6.15. The van der Waals surface area contributed by atoms with Crippen LogP contribution in [0.4, 0.5) is 0 Å². The molecule has 3 aromatic rings. The summed E-state index contributed by atoms with van der Waals surface area (Å²) in [6, 6.07) is 13.9. The molecular weight excluding hydrogens is 346 g/mol. The van der Waals surface area contributed by atoms with Crippen molar-refractivity contribution in [2.75, 3.05) is 13.1 Å². The molecule has 0 spiro atoms. The third-order valence-corrected chi connectivity index (χ3v) is 6.15. The monoisotopic (exact) mass is 367 g/mol. The van der Waals surface area contributed by atoms with Gasteiger partial charge in [0, 0.05) is 34.1 Å². The van der Waals surface area contributed by atoms with Crippen LogP contribution in [0.2, 0.25) is 0 Å². The lowest BCUT2D eigenvalue weighted by Crippen LogP contribution is -2.30. The summed E-state index contributed by atoms with van der Waals surface area (Å²) < 4.78 is 0. The zero-order valence-electron chi connectivity index (χ0n) is 16.0. The van der Waals surface area contributed by atoms with E-state index in [1.165, 1.54) is 11.1 Å². The number of nitriles is 1. The van der Waals surface area contributed by atoms with Crippen LogP contribution in [0.15, 0.2) is 42.5 Å². The Balaban J connectivity index is 1.72. The summed E-state index contributed by atoms with van der Waals surface area (Å²) in [5, 5.41) is 13.5. The van der Waals surface area contributed by atoms with Gasteiger partial charge in [0.2, 0.25) is 0 Å². The maximum atomic E-state index is 13.4. The number of H-pyrrole nitrogens is 1. The lowest BCUT2D eigenvalue weighted by atomic mass is 9.70. The summed E-state index contributed by atoms with van der Waals surface area (Å²) in [5.41, 5.74) is 7.17. The predicted octanol–water partition coefficient (Wildman–Crippen LogP) is 4.29. The molecule has 4 heteroatoms. The molecular formula is C24H21N3O. The minimum absolute atomic E-state index is 0.0612. The molecule has 0 saturated carbocycles. The number of nitrogens with zero attached hydrogens (tertiary/aromatic N) is 1. The number of aromatic amines is 1. The lowest BCUT2D eigenvalue weighted by Gasteiger charge is -2.32. The van der Waals surface area contributed by atoms with E-state index < -0.39 is 0 Å². The molecule has 2 heterocycles. The van der Waals surface area contributed by atoms with Gasteiger partial charge < -0.3 is 10.3 Å². The van der Waals surface area contributed by atoms with Crippen LogP contribution >= 0.6 is 0 Å². The fraction of sp³-hybridized carbons (Fsp3) is 0.250. The highest BCUT2D eigenvalue weighted by molar-refractivity contribution is 6.20. The van der Waals surface area contributed by atoms with Crippen molar-refractivity contribution in [3.63, 3.8) is 0 Å². The SMILES string of the molecule is CC1(C)c2cc(C3=CCNCC3)ccc2C(=O)c2c1[nH]c1cc(C#N)ccc21. The molecule has 0 amide bonds. The van der Waals surface area contributed by atoms with Crippen LogP contribution in [0, 0.1) is 11.3 Å². The van der Waals surface area contributed by atoms with Crippen LogP contribution in [0.25, 0.3) is 16.5 Å². The highest BCUT2D eigenvalue weighted by Crippen LogP contribution is 2.44. The Kier molecular flexibility index (Phi) is 3.59. The van der Waals surface area contributed by atoms with Crippen LogP contribution in [-0.2, 0) is 5.41 Å². The molecule has 1 aliphatic carbocycles. The molecule has 1 aliphatic heterocycles. The van der Waals surface area contributed by atoms with Gasteiger partial charge in [-0.15, -0.1) is 0 Å². The summed E-state index contributed by atoms with van der Waals surface area (Å²) in [6.45, 7) is 6.21. The van der Waals surface area contributed by atoms with E-state index in [-0.39, 0.29) is 11.2 Å². The highest BCUT2D eigenvalue weighted by Gasteiger charge is 2.39. The Morgan fingerprint density at radius 1 is 1.14 bits per heavy atom. The van der Waals surface area contributed by atoms with E-state index in [1.54, 1.807) is 6.07 Å². The van der Waals surface area contributed by atoms with E-state index in [2.05, 4.69) is 48.4 Å². The van der Waals surface area contributed by atoms with E-state index in [0.29, 0.717) is 5.56 Å². The maximum absolute atomic E-state index is 13.4. The topological polar surface area (TPSA) is 68.7 Å². The molecule has 0 radical (unpaired) electrons. The summed E-state index contributed by atoms with van der Waals surface area (Å²) in [4.78, 5) is 16.9.